The second kappa shape index (κ2) is 5.72. The topological polar surface area (TPSA) is 43.1 Å². The van der Waals surface area contributed by atoms with Crippen molar-refractivity contribution in [3.63, 3.8) is 0 Å². The van der Waals surface area contributed by atoms with Crippen LogP contribution in [0.1, 0.15) is 42.7 Å². The minimum atomic E-state index is -0.207. The molecule has 2 nitrogen and oxygen atoms in total. The maximum absolute atomic E-state index is 11.7. The predicted octanol–water partition coefficient (Wildman–Crippen LogP) is 3.77. The van der Waals surface area contributed by atoms with E-state index in [1.807, 2.05) is 12.1 Å². The average Bonchev–Trinajstić information content (AvgIpc) is 2.93. The normalized spacial score (nSPS) is 24.9. The number of benzene rings is 2. The van der Waals surface area contributed by atoms with E-state index in [1.54, 1.807) is 0 Å². The molecular formula is C19H21NO. The van der Waals surface area contributed by atoms with Crippen molar-refractivity contribution in [1.82, 2.24) is 0 Å². The predicted molar refractivity (Wildman–Crippen MR) is 85.0 cm³/mol. The number of nitrogens with two attached hydrogens (primary N) is 1. The number of carbonyl (C=O) groups is 1. The summed E-state index contributed by atoms with van der Waals surface area (Å²) >= 11 is 0. The molecule has 1 saturated carbocycles. The Hall–Kier alpha value is -2.09. The van der Waals surface area contributed by atoms with Crippen molar-refractivity contribution in [1.29, 1.82) is 0 Å². The molecule has 0 aliphatic heterocycles. The van der Waals surface area contributed by atoms with E-state index in [4.69, 9.17) is 5.73 Å². The molecule has 108 valence electrons. The van der Waals surface area contributed by atoms with Crippen LogP contribution in [0, 0.1) is 0 Å². The molecule has 2 aromatic carbocycles. The van der Waals surface area contributed by atoms with E-state index in [0.29, 0.717) is 12.3 Å². The Bertz CT molecular complexity index is 608. The summed E-state index contributed by atoms with van der Waals surface area (Å²) in [4.78, 5) is 11.7. The molecule has 0 radical (unpaired) electrons. The first-order chi connectivity index (χ1) is 10.2. The Balaban J connectivity index is 2.08. The van der Waals surface area contributed by atoms with Gasteiger partial charge >= 0.3 is 0 Å². The number of rotatable bonds is 4. The first kappa shape index (κ1) is 13.9. The zero-order valence-electron chi connectivity index (χ0n) is 12.2. The fraction of sp³-hybridized carbons (Fsp3) is 0.316. The lowest BCUT2D eigenvalue weighted by atomic mass is 9.67. The third kappa shape index (κ3) is 2.58. The van der Waals surface area contributed by atoms with E-state index in [9.17, 15) is 4.79 Å². The van der Waals surface area contributed by atoms with Crippen LogP contribution in [0.5, 0.6) is 0 Å². The highest BCUT2D eigenvalue weighted by Crippen LogP contribution is 2.53. The standard InChI is InChI=1S/C19H21NO/c20-18(21)14-19(16-10-5-2-6-11-16)13-7-12-17(19)15-8-3-1-4-9-15/h1-6,8-11,17H,7,12-14H2,(H2,20,21). The Kier molecular flexibility index (Phi) is 3.78. The van der Waals surface area contributed by atoms with E-state index in [0.717, 1.165) is 19.3 Å². The molecule has 2 aromatic rings. The largest absolute Gasteiger partial charge is 0.370 e. The maximum atomic E-state index is 11.7. The molecule has 0 bridgehead atoms. The van der Waals surface area contributed by atoms with Crippen molar-refractivity contribution in [2.24, 2.45) is 5.73 Å². The van der Waals surface area contributed by atoms with Crippen molar-refractivity contribution >= 4 is 5.91 Å². The highest BCUT2D eigenvalue weighted by atomic mass is 16.1. The summed E-state index contributed by atoms with van der Waals surface area (Å²) in [7, 11) is 0. The Morgan fingerprint density at radius 3 is 2.29 bits per heavy atom. The van der Waals surface area contributed by atoms with Crippen LogP contribution in [-0.4, -0.2) is 5.91 Å². The van der Waals surface area contributed by atoms with Crippen molar-refractivity contribution in [2.45, 2.75) is 37.0 Å². The summed E-state index contributed by atoms with van der Waals surface area (Å²) in [5.74, 6) is 0.162. The van der Waals surface area contributed by atoms with Gasteiger partial charge in [-0.3, -0.25) is 4.79 Å². The first-order valence-corrected chi connectivity index (χ1v) is 7.61. The minimum absolute atomic E-state index is 0.144. The van der Waals surface area contributed by atoms with Gasteiger partial charge in [0, 0.05) is 11.8 Å². The molecule has 2 unspecified atom stereocenters. The van der Waals surface area contributed by atoms with Crippen LogP contribution in [0.15, 0.2) is 60.7 Å². The molecule has 0 saturated heterocycles. The summed E-state index contributed by atoms with van der Waals surface area (Å²) in [5, 5.41) is 0. The molecule has 1 aliphatic rings. The zero-order chi connectivity index (χ0) is 14.7. The molecule has 21 heavy (non-hydrogen) atoms. The number of hydrogen-bond donors (Lipinski definition) is 1. The lowest BCUT2D eigenvalue weighted by Gasteiger charge is -2.36. The highest BCUT2D eigenvalue weighted by Gasteiger charge is 2.45. The molecule has 0 aromatic heterocycles. The molecule has 1 amide bonds. The van der Waals surface area contributed by atoms with Crippen molar-refractivity contribution in [3.05, 3.63) is 71.8 Å². The second-order valence-electron chi connectivity index (χ2n) is 6.02. The number of hydrogen-bond acceptors (Lipinski definition) is 1. The van der Waals surface area contributed by atoms with Crippen LogP contribution < -0.4 is 5.73 Å². The summed E-state index contributed by atoms with van der Waals surface area (Å²) in [6.07, 6.45) is 3.71. The van der Waals surface area contributed by atoms with Crippen LogP contribution >= 0.6 is 0 Å². The van der Waals surface area contributed by atoms with E-state index in [-0.39, 0.29) is 11.3 Å². The lowest BCUT2D eigenvalue weighted by molar-refractivity contribution is -0.119. The molecule has 3 rings (SSSR count). The third-order valence-electron chi connectivity index (χ3n) is 4.82. The van der Waals surface area contributed by atoms with Gasteiger partial charge in [-0.1, -0.05) is 67.1 Å². The Labute approximate surface area is 126 Å². The molecule has 1 aliphatic carbocycles. The number of carbonyl (C=O) groups excluding carboxylic acids is 1. The summed E-state index contributed by atoms with van der Waals surface area (Å²) in [6.45, 7) is 0. The fourth-order valence-electron chi connectivity index (χ4n) is 3.98. The van der Waals surface area contributed by atoms with E-state index in [1.165, 1.54) is 11.1 Å². The van der Waals surface area contributed by atoms with Crippen LogP contribution in [0.4, 0.5) is 0 Å². The van der Waals surface area contributed by atoms with Crippen molar-refractivity contribution < 1.29 is 4.79 Å². The number of amides is 1. The summed E-state index contributed by atoms with van der Waals surface area (Å²) in [6, 6.07) is 21.0. The van der Waals surface area contributed by atoms with Crippen molar-refractivity contribution in [2.75, 3.05) is 0 Å². The van der Waals surface area contributed by atoms with Crippen LogP contribution in [0.2, 0.25) is 0 Å². The molecule has 2 heteroatoms. The van der Waals surface area contributed by atoms with E-state index < -0.39 is 0 Å². The Morgan fingerprint density at radius 1 is 1.05 bits per heavy atom. The van der Waals surface area contributed by atoms with Gasteiger partial charge in [0.25, 0.3) is 0 Å². The van der Waals surface area contributed by atoms with Crippen LogP contribution in [0.3, 0.4) is 0 Å². The highest BCUT2D eigenvalue weighted by molar-refractivity contribution is 5.76. The van der Waals surface area contributed by atoms with E-state index >= 15 is 0 Å². The molecule has 0 spiro atoms. The van der Waals surface area contributed by atoms with Gasteiger partial charge in [-0.2, -0.15) is 0 Å². The van der Waals surface area contributed by atoms with Crippen LogP contribution in [0.25, 0.3) is 0 Å². The molecule has 0 heterocycles. The van der Waals surface area contributed by atoms with Gasteiger partial charge in [0.05, 0.1) is 0 Å². The smallest absolute Gasteiger partial charge is 0.218 e. The maximum Gasteiger partial charge on any atom is 0.218 e. The SMILES string of the molecule is NC(=O)CC1(c2ccccc2)CCCC1c1ccccc1. The van der Waals surface area contributed by atoms with Gasteiger partial charge in [-0.25, -0.2) is 0 Å². The average molecular weight is 279 g/mol. The first-order valence-electron chi connectivity index (χ1n) is 7.61. The zero-order valence-corrected chi connectivity index (χ0v) is 12.2. The van der Waals surface area contributed by atoms with Gasteiger partial charge < -0.3 is 5.73 Å². The van der Waals surface area contributed by atoms with Crippen molar-refractivity contribution in [3.8, 4) is 0 Å². The van der Waals surface area contributed by atoms with Gasteiger partial charge in [-0.15, -0.1) is 0 Å². The Morgan fingerprint density at radius 2 is 1.67 bits per heavy atom. The quantitative estimate of drug-likeness (QED) is 0.909. The molecule has 2 atom stereocenters. The second-order valence-corrected chi connectivity index (χ2v) is 6.02. The van der Waals surface area contributed by atoms with Gasteiger partial charge in [0.2, 0.25) is 5.91 Å². The van der Waals surface area contributed by atoms with Gasteiger partial charge in [0.15, 0.2) is 0 Å². The molecule has 2 N–H and O–H groups in total. The number of primary amides is 1. The monoisotopic (exact) mass is 279 g/mol. The summed E-state index contributed by atoms with van der Waals surface area (Å²) in [5.41, 5.74) is 8.02. The third-order valence-corrected chi connectivity index (χ3v) is 4.82. The van der Waals surface area contributed by atoms with Gasteiger partial charge in [-0.05, 0) is 29.9 Å². The summed E-state index contributed by atoms with van der Waals surface area (Å²) < 4.78 is 0. The van der Waals surface area contributed by atoms with Crippen LogP contribution in [-0.2, 0) is 10.2 Å². The molecular weight excluding hydrogens is 258 g/mol. The molecule has 1 fully saturated rings. The van der Waals surface area contributed by atoms with E-state index in [2.05, 4.69) is 48.5 Å². The van der Waals surface area contributed by atoms with Gasteiger partial charge in [0.1, 0.15) is 0 Å². The lowest BCUT2D eigenvalue weighted by Crippen LogP contribution is -2.34. The minimum Gasteiger partial charge on any atom is -0.370 e. The fourth-order valence-corrected chi connectivity index (χ4v) is 3.98.